The molecule has 8 saturated carbocycles. The molecule has 3 unspecified atom stereocenters. The summed E-state index contributed by atoms with van der Waals surface area (Å²) in [5.41, 5.74) is -0.338. The van der Waals surface area contributed by atoms with Crippen molar-refractivity contribution in [2.45, 2.75) is 82.2 Å². The zero-order chi connectivity index (χ0) is 19.4. The van der Waals surface area contributed by atoms with Gasteiger partial charge < -0.3 is 19.3 Å². The second-order valence-electron chi connectivity index (χ2n) is 11.9. The van der Waals surface area contributed by atoms with Crippen LogP contribution in [0.25, 0.3) is 0 Å². The molecule has 9 aliphatic rings. The average molecular weight is 403 g/mol. The quantitative estimate of drug-likeness (QED) is 0.734. The summed E-state index contributed by atoms with van der Waals surface area (Å²) >= 11 is 0. The second kappa shape index (κ2) is 5.98. The summed E-state index contributed by atoms with van der Waals surface area (Å²) in [5.74, 6) is 3.66. The Balaban J connectivity index is 1.01. The molecule has 0 aromatic carbocycles. The van der Waals surface area contributed by atoms with E-state index in [1.54, 1.807) is 0 Å². The lowest BCUT2D eigenvalue weighted by Crippen LogP contribution is -2.58. The van der Waals surface area contributed by atoms with Gasteiger partial charge in [0.1, 0.15) is 12.7 Å². The van der Waals surface area contributed by atoms with Gasteiger partial charge >= 0.3 is 5.97 Å². The summed E-state index contributed by atoms with van der Waals surface area (Å²) in [7, 11) is 0. The third-order valence-electron chi connectivity index (χ3n) is 10.2. The number of aliphatic hydroxyl groups is 1. The van der Waals surface area contributed by atoms with Crippen molar-refractivity contribution >= 4 is 5.97 Å². The third-order valence-corrected chi connectivity index (χ3v) is 10.2. The van der Waals surface area contributed by atoms with Crippen LogP contribution in [0.5, 0.6) is 0 Å². The van der Waals surface area contributed by atoms with Crippen molar-refractivity contribution in [2.24, 2.45) is 46.8 Å². The summed E-state index contributed by atoms with van der Waals surface area (Å²) in [6.07, 6.45) is 10.9. The van der Waals surface area contributed by atoms with E-state index in [2.05, 4.69) is 0 Å². The van der Waals surface area contributed by atoms with Gasteiger partial charge in [0.2, 0.25) is 0 Å². The van der Waals surface area contributed by atoms with E-state index in [1.165, 1.54) is 32.1 Å². The van der Waals surface area contributed by atoms with Gasteiger partial charge in [0.05, 0.1) is 18.1 Å². The zero-order valence-electron chi connectivity index (χ0n) is 17.3. The van der Waals surface area contributed by atoms with Gasteiger partial charge in [-0.25, -0.2) is 0 Å². The molecule has 9 rings (SSSR count). The minimum absolute atomic E-state index is 0.0292. The Kier molecular flexibility index (Phi) is 3.71. The molecule has 9 fully saturated rings. The molecule has 0 aromatic rings. The average Bonchev–Trinajstić information content (AvgIpc) is 3.12. The minimum Gasteiger partial charge on any atom is -0.462 e. The number of hydrogen-bond acceptors (Lipinski definition) is 5. The Morgan fingerprint density at radius 3 is 2.21 bits per heavy atom. The molecule has 0 aromatic heterocycles. The first-order valence-electron chi connectivity index (χ1n) is 12.2. The van der Waals surface area contributed by atoms with Crippen LogP contribution < -0.4 is 0 Å². The van der Waals surface area contributed by atoms with Crippen LogP contribution in [0.3, 0.4) is 0 Å². The minimum atomic E-state index is -0.380. The van der Waals surface area contributed by atoms with Crippen molar-refractivity contribution in [3.05, 3.63) is 0 Å². The fourth-order valence-electron chi connectivity index (χ4n) is 9.47. The Hall–Kier alpha value is -0.650. The van der Waals surface area contributed by atoms with E-state index in [4.69, 9.17) is 14.2 Å². The van der Waals surface area contributed by atoms with Crippen molar-refractivity contribution in [1.29, 1.82) is 0 Å². The van der Waals surface area contributed by atoms with Crippen LogP contribution in [-0.2, 0) is 19.0 Å². The maximum absolute atomic E-state index is 13.2. The van der Waals surface area contributed by atoms with Crippen molar-refractivity contribution in [3.63, 3.8) is 0 Å². The predicted molar refractivity (Wildman–Crippen MR) is 104 cm³/mol. The van der Waals surface area contributed by atoms with E-state index >= 15 is 0 Å². The Labute approximate surface area is 172 Å². The van der Waals surface area contributed by atoms with E-state index in [1.807, 2.05) is 0 Å². The smallest absolute Gasteiger partial charge is 0.312 e. The number of hydrogen-bond donors (Lipinski definition) is 1. The monoisotopic (exact) mass is 402 g/mol. The lowest BCUT2D eigenvalue weighted by atomic mass is 9.48. The van der Waals surface area contributed by atoms with E-state index in [9.17, 15) is 9.90 Å². The molecule has 1 N–H and O–H groups in total. The summed E-state index contributed by atoms with van der Waals surface area (Å²) < 4.78 is 18.9. The first kappa shape index (κ1) is 18.0. The molecule has 5 heteroatoms. The molecule has 0 radical (unpaired) electrons. The lowest BCUT2D eigenvalue weighted by molar-refractivity contribution is -0.295. The van der Waals surface area contributed by atoms with Gasteiger partial charge in [-0.2, -0.15) is 0 Å². The van der Waals surface area contributed by atoms with Crippen LogP contribution in [-0.4, -0.2) is 42.3 Å². The number of aliphatic hydroxyl groups excluding tert-OH is 1. The van der Waals surface area contributed by atoms with Gasteiger partial charge in [-0.05, 0) is 93.8 Å². The number of carbonyl (C=O) groups excluding carboxylic acids is 1. The van der Waals surface area contributed by atoms with E-state index < -0.39 is 0 Å². The second-order valence-corrected chi connectivity index (χ2v) is 11.9. The normalized spacial score (nSPS) is 59.0. The molecule has 1 saturated heterocycles. The lowest BCUT2D eigenvalue weighted by Gasteiger charge is -2.58. The van der Waals surface area contributed by atoms with Gasteiger partial charge in [0, 0.05) is 11.8 Å². The van der Waals surface area contributed by atoms with Gasteiger partial charge in [-0.15, -0.1) is 0 Å². The van der Waals surface area contributed by atoms with Crippen molar-refractivity contribution < 1.29 is 24.1 Å². The molecule has 1 heterocycles. The summed E-state index contributed by atoms with van der Waals surface area (Å²) in [4.78, 5) is 13.2. The first-order valence-corrected chi connectivity index (χ1v) is 12.2. The standard InChI is InChI=1S/C24H34O5/c25-21-16-2-15-3-17(21)10-23(8-15,9-16)22(26)27-11-20-12-28-24(29-20)18-4-13-1-14(6-18)7-19(24)5-13/h13-21,25H,1-12H2. The highest BCUT2D eigenvalue weighted by Gasteiger charge is 2.63. The van der Waals surface area contributed by atoms with Crippen molar-refractivity contribution in [3.8, 4) is 0 Å². The molecule has 29 heavy (non-hydrogen) atoms. The largest absolute Gasteiger partial charge is 0.462 e. The van der Waals surface area contributed by atoms with Crippen molar-refractivity contribution in [2.75, 3.05) is 13.2 Å². The molecular weight excluding hydrogens is 368 g/mol. The van der Waals surface area contributed by atoms with Gasteiger partial charge in [-0.1, -0.05) is 0 Å². The molecule has 8 bridgehead atoms. The predicted octanol–water partition coefficient (Wildman–Crippen LogP) is 3.28. The van der Waals surface area contributed by atoms with Gasteiger partial charge in [0.25, 0.3) is 0 Å². The molecule has 3 atom stereocenters. The first-order chi connectivity index (χ1) is 14.0. The summed E-state index contributed by atoms with van der Waals surface area (Å²) in [5, 5.41) is 10.5. The number of esters is 1. The van der Waals surface area contributed by atoms with E-state index in [-0.39, 0.29) is 29.4 Å². The number of ether oxygens (including phenoxy) is 3. The van der Waals surface area contributed by atoms with Crippen LogP contribution in [0.4, 0.5) is 0 Å². The summed E-state index contributed by atoms with van der Waals surface area (Å²) in [6.45, 7) is 0.895. The molecule has 1 spiro atoms. The van der Waals surface area contributed by atoms with E-state index in [0.717, 1.165) is 43.9 Å². The molecule has 160 valence electrons. The van der Waals surface area contributed by atoms with Gasteiger partial charge in [0.15, 0.2) is 5.79 Å². The summed E-state index contributed by atoms with van der Waals surface area (Å²) in [6, 6.07) is 0. The molecule has 1 aliphatic heterocycles. The van der Waals surface area contributed by atoms with Crippen LogP contribution in [0.2, 0.25) is 0 Å². The topological polar surface area (TPSA) is 65.0 Å². The SMILES string of the molecule is O=C(OCC1COC2(O1)C1CC3CC(C1)CC2C3)C12CC3CC(C1)C(O)C(C3)C2. The Morgan fingerprint density at radius 1 is 0.897 bits per heavy atom. The van der Waals surface area contributed by atoms with Crippen LogP contribution in [0.1, 0.15) is 64.2 Å². The maximum atomic E-state index is 13.2. The fourth-order valence-corrected chi connectivity index (χ4v) is 9.47. The highest BCUT2D eigenvalue weighted by Crippen LogP contribution is 2.62. The fraction of sp³-hybridized carbons (Fsp3) is 0.958. The van der Waals surface area contributed by atoms with Crippen LogP contribution >= 0.6 is 0 Å². The Morgan fingerprint density at radius 2 is 1.55 bits per heavy atom. The third kappa shape index (κ3) is 2.47. The highest BCUT2D eigenvalue weighted by molar-refractivity contribution is 5.77. The molecule has 0 amide bonds. The number of carbonyl (C=O) groups is 1. The Bertz CT molecular complexity index is 674. The maximum Gasteiger partial charge on any atom is 0.312 e. The molecule has 8 aliphatic carbocycles. The van der Waals surface area contributed by atoms with Crippen LogP contribution in [0.15, 0.2) is 0 Å². The molecular formula is C24H34O5. The van der Waals surface area contributed by atoms with Crippen molar-refractivity contribution in [1.82, 2.24) is 0 Å². The molecule has 5 nitrogen and oxygen atoms in total. The van der Waals surface area contributed by atoms with Gasteiger partial charge in [-0.3, -0.25) is 4.79 Å². The van der Waals surface area contributed by atoms with Crippen LogP contribution in [0, 0.1) is 46.8 Å². The van der Waals surface area contributed by atoms with E-state index in [0.29, 0.717) is 42.8 Å². The number of rotatable bonds is 3. The zero-order valence-corrected chi connectivity index (χ0v) is 17.3. The highest BCUT2D eigenvalue weighted by atomic mass is 16.8.